The summed E-state index contributed by atoms with van der Waals surface area (Å²) >= 11 is 5.84. The molecule has 1 unspecified atom stereocenters. The fraction of sp³-hybridized carbons (Fsp3) is 0.500. The Morgan fingerprint density at radius 2 is 1.83 bits per heavy atom. The summed E-state index contributed by atoms with van der Waals surface area (Å²) in [6.45, 7) is 5.92. The fourth-order valence-corrected chi connectivity index (χ4v) is 1.99. The second kappa shape index (κ2) is 6.76. The van der Waals surface area contributed by atoms with E-state index in [0.29, 0.717) is 5.02 Å². The molecule has 0 aliphatic heterocycles. The summed E-state index contributed by atoms with van der Waals surface area (Å²) in [6, 6.07) is 7.31. The number of benzene rings is 1. The summed E-state index contributed by atoms with van der Waals surface area (Å²) in [5.74, 6) is -0.102. The maximum absolute atomic E-state index is 12.1. The van der Waals surface area contributed by atoms with Crippen LogP contribution >= 0.6 is 11.6 Å². The first-order valence-electron chi connectivity index (χ1n) is 6.13. The fourth-order valence-electron chi connectivity index (χ4n) is 1.87. The van der Waals surface area contributed by atoms with E-state index < -0.39 is 6.10 Å². The number of amides is 1. The molecule has 3 nitrogen and oxygen atoms in total. The average Bonchev–Trinajstić information content (AvgIpc) is 2.29. The molecule has 0 aromatic heterocycles. The van der Waals surface area contributed by atoms with Gasteiger partial charge in [0.2, 0.25) is 5.91 Å². The number of carbonyl (C=O) groups is 1. The second-order valence-electron chi connectivity index (χ2n) is 4.87. The molecule has 0 heterocycles. The maximum atomic E-state index is 12.1. The SMILES string of the molecule is CC(C)C(C(=O)NC[C@@H](C)O)c1ccc(Cl)cc1. The summed E-state index contributed by atoms with van der Waals surface area (Å²) in [4.78, 5) is 12.1. The molecule has 0 saturated carbocycles. The van der Waals surface area contributed by atoms with E-state index in [1.165, 1.54) is 0 Å². The van der Waals surface area contributed by atoms with E-state index in [9.17, 15) is 9.90 Å². The van der Waals surface area contributed by atoms with Crippen molar-refractivity contribution in [1.29, 1.82) is 0 Å². The third-order valence-corrected chi connectivity index (χ3v) is 3.00. The third kappa shape index (κ3) is 4.31. The zero-order valence-corrected chi connectivity index (χ0v) is 11.7. The van der Waals surface area contributed by atoms with Crippen LogP contribution in [0.5, 0.6) is 0 Å². The van der Waals surface area contributed by atoms with E-state index in [-0.39, 0.29) is 24.3 Å². The monoisotopic (exact) mass is 269 g/mol. The zero-order valence-electron chi connectivity index (χ0n) is 11.0. The lowest BCUT2D eigenvalue weighted by atomic mass is 9.87. The Hall–Kier alpha value is -1.06. The quantitative estimate of drug-likeness (QED) is 0.863. The highest BCUT2D eigenvalue weighted by atomic mass is 35.5. The Morgan fingerprint density at radius 3 is 2.28 bits per heavy atom. The molecule has 0 aliphatic carbocycles. The Kier molecular flexibility index (Phi) is 5.63. The minimum atomic E-state index is -0.535. The van der Waals surface area contributed by atoms with Gasteiger partial charge in [-0.1, -0.05) is 37.6 Å². The number of aliphatic hydroxyl groups is 1. The van der Waals surface area contributed by atoms with Gasteiger partial charge in [0.15, 0.2) is 0 Å². The minimum Gasteiger partial charge on any atom is -0.392 e. The molecule has 2 atom stereocenters. The van der Waals surface area contributed by atoms with Gasteiger partial charge in [-0.3, -0.25) is 4.79 Å². The molecule has 0 spiro atoms. The van der Waals surface area contributed by atoms with Crippen LogP contribution in [0.1, 0.15) is 32.3 Å². The molecule has 18 heavy (non-hydrogen) atoms. The van der Waals surface area contributed by atoms with Crippen molar-refractivity contribution in [3.8, 4) is 0 Å². The van der Waals surface area contributed by atoms with Crippen molar-refractivity contribution in [1.82, 2.24) is 5.32 Å². The first-order valence-corrected chi connectivity index (χ1v) is 6.51. The molecule has 2 N–H and O–H groups in total. The van der Waals surface area contributed by atoms with Crippen molar-refractivity contribution in [2.24, 2.45) is 5.92 Å². The van der Waals surface area contributed by atoms with Gasteiger partial charge in [0.05, 0.1) is 12.0 Å². The van der Waals surface area contributed by atoms with E-state index in [2.05, 4.69) is 5.32 Å². The topological polar surface area (TPSA) is 49.3 Å². The zero-order chi connectivity index (χ0) is 13.7. The summed E-state index contributed by atoms with van der Waals surface area (Å²) in [6.07, 6.45) is -0.535. The third-order valence-electron chi connectivity index (χ3n) is 2.75. The predicted molar refractivity (Wildman–Crippen MR) is 73.7 cm³/mol. The Bertz CT molecular complexity index is 387. The summed E-state index contributed by atoms with van der Waals surface area (Å²) in [5, 5.41) is 12.6. The van der Waals surface area contributed by atoms with Crippen LogP contribution in [-0.2, 0) is 4.79 Å². The summed E-state index contributed by atoms with van der Waals surface area (Å²) in [7, 11) is 0. The Labute approximate surface area is 113 Å². The molecule has 4 heteroatoms. The van der Waals surface area contributed by atoms with Crippen LogP contribution in [0.3, 0.4) is 0 Å². The molecular weight excluding hydrogens is 250 g/mol. The van der Waals surface area contributed by atoms with Crippen LogP contribution in [0.15, 0.2) is 24.3 Å². The molecule has 0 saturated heterocycles. The number of hydrogen-bond acceptors (Lipinski definition) is 2. The van der Waals surface area contributed by atoms with Gasteiger partial charge < -0.3 is 10.4 Å². The number of hydrogen-bond donors (Lipinski definition) is 2. The van der Waals surface area contributed by atoms with Crippen molar-refractivity contribution in [3.63, 3.8) is 0 Å². The van der Waals surface area contributed by atoms with Gasteiger partial charge in [0.25, 0.3) is 0 Å². The highest BCUT2D eigenvalue weighted by Gasteiger charge is 2.23. The van der Waals surface area contributed by atoms with Crippen molar-refractivity contribution in [2.45, 2.75) is 32.8 Å². The number of rotatable bonds is 5. The van der Waals surface area contributed by atoms with E-state index in [1.54, 1.807) is 19.1 Å². The van der Waals surface area contributed by atoms with Crippen LogP contribution in [0.25, 0.3) is 0 Å². The number of carbonyl (C=O) groups excluding carboxylic acids is 1. The van der Waals surface area contributed by atoms with E-state index >= 15 is 0 Å². The van der Waals surface area contributed by atoms with E-state index in [4.69, 9.17) is 11.6 Å². The molecule has 0 aliphatic rings. The van der Waals surface area contributed by atoms with Gasteiger partial charge in [-0.2, -0.15) is 0 Å². The van der Waals surface area contributed by atoms with Gasteiger partial charge in [0, 0.05) is 11.6 Å². The lowest BCUT2D eigenvalue weighted by Gasteiger charge is -2.21. The molecule has 0 radical (unpaired) electrons. The Morgan fingerprint density at radius 1 is 1.28 bits per heavy atom. The predicted octanol–water partition coefficient (Wildman–Crippen LogP) is 2.58. The van der Waals surface area contributed by atoms with Crippen molar-refractivity contribution >= 4 is 17.5 Å². The summed E-state index contributed by atoms with van der Waals surface area (Å²) < 4.78 is 0. The minimum absolute atomic E-state index is 0.0618. The smallest absolute Gasteiger partial charge is 0.227 e. The first-order chi connectivity index (χ1) is 8.41. The highest BCUT2D eigenvalue weighted by Crippen LogP contribution is 2.25. The number of nitrogens with one attached hydrogen (secondary N) is 1. The van der Waals surface area contributed by atoms with Gasteiger partial charge in [0.1, 0.15) is 0 Å². The van der Waals surface area contributed by atoms with Crippen LogP contribution in [0.4, 0.5) is 0 Å². The Balaban J connectivity index is 2.82. The number of halogens is 1. The van der Waals surface area contributed by atoms with Crippen LogP contribution in [-0.4, -0.2) is 23.7 Å². The van der Waals surface area contributed by atoms with Gasteiger partial charge in [-0.15, -0.1) is 0 Å². The maximum Gasteiger partial charge on any atom is 0.227 e. The van der Waals surface area contributed by atoms with Crippen molar-refractivity contribution in [2.75, 3.05) is 6.54 Å². The first kappa shape index (κ1) is 15.0. The van der Waals surface area contributed by atoms with E-state index in [1.807, 2.05) is 26.0 Å². The van der Waals surface area contributed by atoms with Crippen molar-refractivity contribution < 1.29 is 9.90 Å². The lowest BCUT2D eigenvalue weighted by Crippen LogP contribution is -2.36. The normalized spacial score (nSPS) is 14.3. The van der Waals surface area contributed by atoms with Crippen LogP contribution in [0, 0.1) is 5.92 Å². The number of aliphatic hydroxyl groups excluding tert-OH is 1. The van der Waals surface area contributed by atoms with Crippen LogP contribution < -0.4 is 5.32 Å². The van der Waals surface area contributed by atoms with Gasteiger partial charge >= 0.3 is 0 Å². The summed E-state index contributed by atoms with van der Waals surface area (Å²) in [5.41, 5.74) is 0.942. The molecular formula is C14H20ClNO2. The second-order valence-corrected chi connectivity index (χ2v) is 5.30. The molecule has 0 bridgehead atoms. The molecule has 1 aromatic rings. The average molecular weight is 270 g/mol. The molecule has 100 valence electrons. The van der Waals surface area contributed by atoms with E-state index in [0.717, 1.165) is 5.56 Å². The molecule has 1 rings (SSSR count). The van der Waals surface area contributed by atoms with Crippen LogP contribution in [0.2, 0.25) is 5.02 Å². The molecule has 1 amide bonds. The standard InChI is InChI=1S/C14H20ClNO2/c1-9(2)13(14(18)16-8-10(3)17)11-4-6-12(15)7-5-11/h4-7,9-10,13,17H,8H2,1-3H3,(H,16,18)/t10-,13?/m1/s1. The highest BCUT2D eigenvalue weighted by molar-refractivity contribution is 6.30. The largest absolute Gasteiger partial charge is 0.392 e. The van der Waals surface area contributed by atoms with Crippen molar-refractivity contribution in [3.05, 3.63) is 34.9 Å². The molecule has 0 fully saturated rings. The molecule has 1 aromatic carbocycles. The van der Waals surface area contributed by atoms with Gasteiger partial charge in [-0.05, 0) is 30.5 Å². The van der Waals surface area contributed by atoms with Gasteiger partial charge in [-0.25, -0.2) is 0 Å². The lowest BCUT2D eigenvalue weighted by molar-refractivity contribution is -0.123.